The van der Waals surface area contributed by atoms with Crippen LogP contribution >= 0.6 is 28.3 Å². The Morgan fingerprint density at radius 3 is 2.62 bits per heavy atom. The summed E-state index contributed by atoms with van der Waals surface area (Å²) in [5, 5.41) is 3.23. The molecule has 0 saturated carbocycles. The Morgan fingerprint density at radius 2 is 2.15 bits per heavy atom. The van der Waals surface area contributed by atoms with Crippen LogP contribution in [0.5, 0.6) is 0 Å². The van der Waals surface area contributed by atoms with Crippen LogP contribution in [0.25, 0.3) is 0 Å². The zero-order chi connectivity index (χ0) is 8.55. The highest BCUT2D eigenvalue weighted by Crippen LogP contribution is 2.25. The van der Waals surface area contributed by atoms with Crippen molar-refractivity contribution in [2.75, 3.05) is 6.54 Å². The van der Waals surface area contributed by atoms with Gasteiger partial charge in [-0.2, -0.15) is 0 Å². The first kappa shape index (κ1) is 11.0. The Balaban J connectivity index is 0.000000845. The van der Waals surface area contributed by atoms with Crippen molar-refractivity contribution in [3.05, 3.63) is 34.1 Å². The van der Waals surface area contributed by atoms with Gasteiger partial charge in [0.05, 0.1) is 4.47 Å². The molecule has 0 spiro atoms. The van der Waals surface area contributed by atoms with Crippen molar-refractivity contribution in [1.29, 1.82) is 0 Å². The summed E-state index contributed by atoms with van der Waals surface area (Å²) in [7, 11) is 0. The molecule has 1 nitrogen and oxygen atoms in total. The van der Waals surface area contributed by atoms with Gasteiger partial charge in [0.2, 0.25) is 0 Å². The molecule has 0 radical (unpaired) electrons. The summed E-state index contributed by atoms with van der Waals surface area (Å²) < 4.78 is 13.6. The lowest BCUT2D eigenvalue weighted by Crippen LogP contribution is -2.34. The highest BCUT2D eigenvalue weighted by molar-refractivity contribution is 9.10. The van der Waals surface area contributed by atoms with Crippen molar-refractivity contribution in [3.8, 4) is 0 Å². The van der Waals surface area contributed by atoms with Crippen molar-refractivity contribution in [2.45, 2.75) is 12.5 Å². The van der Waals surface area contributed by atoms with Gasteiger partial charge in [0.15, 0.2) is 0 Å². The Labute approximate surface area is 91.3 Å². The molecule has 2 rings (SSSR count). The van der Waals surface area contributed by atoms with Gasteiger partial charge in [-0.25, -0.2) is 4.39 Å². The predicted molar refractivity (Wildman–Crippen MR) is 56.7 cm³/mol. The molecule has 0 amide bonds. The van der Waals surface area contributed by atoms with E-state index in [0.29, 0.717) is 10.5 Å². The van der Waals surface area contributed by atoms with Crippen LogP contribution in [0.1, 0.15) is 18.0 Å². The first-order valence-corrected chi connectivity index (χ1v) is 4.75. The Bertz CT molecular complexity index is 302. The molecule has 1 aromatic carbocycles. The van der Waals surface area contributed by atoms with E-state index in [0.717, 1.165) is 18.5 Å². The van der Waals surface area contributed by atoms with Gasteiger partial charge in [0.25, 0.3) is 0 Å². The lowest BCUT2D eigenvalue weighted by atomic mass is 9.98. The summed E-state index contributed by atoms with van der Waals surface area (Å²) in [6.45, 7) is 1.04. The minimum absolute atomic E-state index is 0. The van der Waals surface area contributed by atoms with Crippen LogP contribution in [0.4, 0.5) is 4.39 Å². The van der Waals surface area contributed by atoms with Gasteiger partial charge in [-0.05, 0) is 46.6 Å². The lowest BCUT2D eigenvalue weighted by Gasteiger charge is -2.28. The van der Waals surface area contributed by atoms with E-state index in [1.165, 1.54) is 0 Å². The van der Waals surface area contributed by atoms with Crippen LogP contribution < -0.4 is 5.32 Å². The SMILES string of the molecule is Cl.Fc1cc(C2CCN2)ccc1Br. The van der Waals surface area contributed by atoms with Gasteiger partial charge in [0, 0.05) is 6.04 Å². The first-order valence-electron chi connectivity index (χ1n) is 3.96. The molecular formula is C9H10BrClFN. The standard InChI is InChI=1S/C9H9BrFN.ClH/c10-7-2-1-6(5-8(7)11)9-3-4-12-9;/h1-2,5,9,12H,3-4H2;1H. The molecule has 13 heavy (non-hydrogen) atoms. The molecule has 0 aliphatic carbocycles. The third-order valence-corrected chi connectivity index (χ3v) is 2.81. The Morgan fingerprint density at radius 1 is 1.46 bits per heavy atom. The van der Waals surface area contributed by atoms with Gasteiger partial charge >= 0.3 is 0 Å². The third-order valence-electron chi connectivity index (χ3n) is 2.17. The summed E-state index contributed by atoms with van der Waals surface area (Å²) in [6.07, 6.45) is 1.11. The van der Waals surface area contributed by atoms with E-state index in [-0.39, 0.29) is 18.2 Å². The molecular weight excluding hydrogens is 256 g/mol. The lowest BCUT2D eigenvalue weighted by molar-refractivity contribution is 0.382. The molecule has 1 aliphatic rings. The van der Waals surface area contributed by atoms with Gasteiger partial charge < -0.3 is 5.32 Å². The van der Waals surface area contributed by atoms with Gasteiger partial charge in [-0.15, -0.1) is 12.4 Å². The number of benzene rings is 1. The van der Waals surface area contributed by atoms with Crippen molar-refractivity contribution >= 4 is 28.3 Å². The normalized spacial score (nSPS) is 20.3. The highest BCUT2D eigenvalue weighted by atomic mass is 79.9. The second kappa shape index (κ2) is 4.40. The summed E-state index contributed by atoms with van der Waals surface area (Å²) in [6, 6.07) is 5.66. The van der Waals surface area contributed by atoms with Crippen molar-refractivity contribution < 1.29 is 4.39 Å². The molecule has 1 unspecified atom stereocenters. The molecule has 1 saturated heterocycles. The molecule has 1 aliphatic heterocycles. The molecule has 1 fully saturated rings. The molecule has 0 aromatic heterocycles. The van der Waals surface area contributed by atoms with Gasteiger partial charge in [-0.3, -0.25) is 0 Å². The maximum absolute atomic E-state index is 13.0. The summed E-state index contributed by atoms with van der Waals surface area (Å²) in [4.78, 5) is 0. The minimum atomic E-state index is -0.179. The van der Waals surface area contributed by atoms with Gasteiger partial charge in [0.1, 0.15) is 5.82 Å². The second-order valence-electron chi connectivity index (χ2n) is 2.97. The van der Waals surface area contributed by atoms with E-state index < -0.39 is 0 Å². The largest absolute Gasteiger partial charge is 0.310 e. The molecule has 72 valence electrons. The van der Waals surface area contributed by atoms with Crippen molar-refractivity contribution in [2.24, 2.45) is 0 Å². The molecule has 0 bridgehead atoms. The number of hydrogen-bond donors (Lipinski definition) is 1. The number of rotatable bonds is 1. The zero-order valence-corrected chi connectivity index (χ0v) is 9.29. The number of hydrogen-bond acceptors (Lipinski definition) is 1. The topological polar surface area (TPSA) is 12.0 Å². The van der Waals surface area contributed by atoms with Crippen LogP contribution in [-0.4, -0.2) is 6.54 Å². The maximum atomic E-state index is 13.0. The number of nitrogens with one attached hydrogen (secondary N) is 1. The quantitative estimate of drug-likeness (QED) is 0.824. The molecule has 1 aromatic rings. The molecule has 1 N–H and O–H groups in total. The highest BCUT2D eigenvalue weighted by Gasteiger charge is 2.18. The minimum Gasteiger partial charge on any atom is -0.310 e. The fourth-order valence-electron chi connectivity index (χ4n) is 1.30. The van der Waals surface area contributed by atoms with Crippen LogP contribution in [0, 0.1) is 5.82 Å². The third kappa shape index (κ3) is 2.22. The van der Waals surface area contributed by atoms with Crippen LogP contribution in [0.2, 0.25) is 0 Å². The zero-order valence-electron chi connectivity index (χ0n) is 6.89. The van der Waals surface area contributed by atoms with Gasteiger partial charge in [-0.1, -0.05) is 6.07 Å². The average molecular weight is 267 g/mol. The van der Waals surface area contributed by atoms with Crippen LogP contribution in [0.3, 0.4) is 0 Å². The van der Waals surface area contributed by atoms with E-state index in [2.05, 4.69) is 21.2 Å². The van der Waals surface area contributed by atoms with Crippen molar-refractivity contribution in [3.63, 3.8) is 0 Å². The Kier molecular flexibility index (Phi) is 3.71. The monoisotopic (exact) mass is 265 g/mol. The van der Waals surface area contributed by atoms with Crippen molar-refractivity contribution in [1.82, 2.24) is 5.32 Å². The van der Waals surface area contributed by atoms with E-state index in [1.54, 1.807) is 12.1 Å². The predicted octanol–water partition coefficient (Wildman–Crippen LogP) is 3.04. The number of halogens is 3. The smallest absolute Gasteiger partial charge is 0.137 e. The van der Waals surface area contributed by atoms with Crippen LogP contribution in [-0.2, 0) is 0 Å². The fourth-order valence-corrected chi connectivity index (χ4v) is 1.55. The Hall–Kier alpha value is -0.120. The average Bonchev–Trinajstić information content (AvgIpc) is 1.93. The van der Waals surface area contributed by atoms with E-state index in [1.807, 2.05) is 6.07 Å². The summed E-state index contributed by atoms with van der Waals surface area (Å²) >= 11 is 3.12. The molecule has 1 heterocycles. The van der Waals surface area contributed by atoms with E-state index in [9.17, 15) is 4.39 Å². The summed E-state index contributed by atoms with van der Waals surface area (Å²) in [5.41, 5.74) is 1.04. The second-order valence-corrected chi connectivity index (χ2v) is 3.82. The first-order chi connectivity index (χ1) is 5.77. The maximum Gasteiger partial charge on any atom is 0.137 e. The fraction of sp³-hybridized carbons (Fsp3) is 0.333. The van der Waals surface area contributed by atoms with Crippen LogP contribution in [0.15, 0.2) is 22.7 Å². The molecule has 4 heteroatoms. The molecule has 1 atom stereocenters. The van der Waals surface area contributed by atoms with E-state index >= 15 is 0 Å². The summed E-state index contributed by atoms with van der Waals surface area (Å²) in [5.74, 6) is -0.179. The van der Waals surface area contributed by atoms with E-state index in [4.69, 9.17) is 0 Å².